The molecule has 0 N–H and O–H groups in total. The summed E-state index contributed by atoms with van der Waals surface area (Å²) >= 11 is 6.02. The van der Waals surface area contributed by atoms with Crippen molar-refractivity contribution in [3.05, 3.63) is 118 Å². The van der Waals surface area contributed by atoms with Gasteiger partial charge in [0, 0.05) is 30.4 Å². The van der Waals surface area contributed by atoms with Crippen molar-refractivity contribution >= 4 is 53.2 Å². The molecule has 3 aromatic carbocycles. The zero-order valence-electron chi connectivity index (χ0n) is 21.2. The van der Waals surface area contributed by atoms with Crippen LogP contribution >= 0.6 is 11.6 Å². The number of anilines is 2. The minimum Gasteiger partial charge on any atom is -0.378 e. The molecule has 0 bridgehead atoms. The van der Waals surface area contributed by atoms with Gasteiger partial charge in [-0.2, -0.15) is 0 Å². The van der Waals surface area contributed by atoms with Crippen LogP contribution in [0.3, 0.4) is 0 Å². The Kier molecular flexibility index (Phi) is 7.11. The molecule has 4 aromatic rings. The highest BCUT2D eigenvalue weighted by Gasteiger charge is 2.35. The molecule has 1 amide bonds. The van der Waals surface area contributed by atoms with Crippen molar-refractivity contribution in [3.63, 3.8) is 0 Å². The predicted molar refractivity (Wildman–Crippen MR) is 154 cm³/mol. The molecule has 0 saturated heterocycles. The van der Waals surface area contributed by atoms with E-state index in [4.69, 9.17) is 16.6 Å². The Morgan fingerprint density at radius 2 is 1.53 bits per heavy atom. The number of halogens is 1. The maximum absolute atomic E-state index is 13.6. The second-order valence-corrected chi connectivity index (χ2v) is 9.36. The summed E-state index contributed by atoms with van der Waals surface area (Å²) < 4.78 is 0. The van der Waals surface area contributed by atoms with Crippen molar-refractivity contribution in [2.75, 3.05) is 23.9 Å². The molecule has 0 spiro atoms. The van der Waals surface area contributed by atoms with Crippen LogP contribution < -0.4 is 9.80 Å². The largest absolute Gasteiger partial charge is 0.378 e. The maximum atomic E-state index is 13.6. The van der Waals surface area contributed by atoms with E-state index in [9.17, 15) is 4.79 Å². The molecule has 0 unspecified atom stereocenters. The number of benzene rings is 3. The molecular weight excluding hydrogens is 496 g/mol. The van der Waals surface area contributed by atoms with Crippen LogP contribution in [0.5, 0.6) is 0 Å². The lowest BCUT2D eigenvalue weighted by molar-refractivity contribution is -0.113. The number of nitrogens with zero attached hydrogens (tertiary/aromatic N) is 6. The lowest BCUT2D eigenvalue weighted by Crippen LogP contribution is -2.34. The molecule has 1 aliphatic rings. The number of amidine groups is 1. The summed E-state index contributed by atoms with van der Waals surface area (Å²) in [4.78, 5) is 26.4. The Morgan fingerprint density at radius 1 is 0.842 bits per heavy atom. The summed E-state index contributed by atoms with van der Waals surface area (Å²) in [5, 5.41) is 9.19. The van der Waals surface area contributed by atoms with Gasteiger partial charge in [0.2, 0.25) is 0 Å². The molecule has 0 fully saturated rings. The fraction of sp³-hybridized carbons (Fsp3) is 0.100. The Morgan fingerprint density at radius 3 is 2.21 bits per heavy atom. The van der Waals surface area contributed by atoms with Crippen molar-refractivity contribution in [2.45, 2.75) is 6.92 Å². The summed E-state index contributed by atoms with van der Waals surface area (Å²) in [6, 6.07) is 24.9. The van der Waals surface area contributed by atoms with Gasteiger partial charge in [0.25, 0.3) is 11.9 Å². The van der Waals surface area contributed by atoms with Gasteiger partial charge in [-0.1, -0.05) is 72.3 Å². The zero-order valence-corrected chi connectivity index (χ0v) is 22.0. The maximum Gasteiger partial charge on any atom is 0.285 e. The number of carbonyl (C=O) groups excluding carboxylic acids is 1. The van der Waals surface area contributed by atoms with E-state index >= 15 is 0 Å². The van der Waals surface area contributed by atoms with Crippen LogP contribution in [0.25, 0.3) is 18.2 Å². The van der Waals surface area contributed by atoms with Gasteiger partial charge in [0.05, 0.1) is 11.4 Å². The van der Waals surface area contributed by atoms with Gasteiger partial charge in [-0.3, -0.25) is 4.79 Å². The third-order valence-electron chi connectivity index (χ3n) is 5.99. The van der Waals surface area contributed by atoms with E-state index < -0.39 is 0 Å². The van der Waals surface area contributed by atoms with Crippen LogP contribution in [0.1, 0.15) is 28.1 Å². The van der Waals surface area contributed by atoms with Crippen molar-refractivity contribution in [1.82, 2.24) is 15.2 Å². The van der Waals surface area contributed by atoms with E-state index in [1.54, 1.807) is 18.2 Å². The number of hydrogen-bond donors (Lipinski definition) is 0. The standard InChI is InChI=1S/C30H25ClN6O/c1-20-26(18-13-21-11-16-25(17-12-21)36(2)3)33-30(35-34-20)37-28(23-7-5-4-6-8-23)32-27(29(37)38)19-22-9-14-24(31)15-10-22/h4-19H,1-3H3/b18-13+,27-19-. The van der Waals surface area contributed by atoms with Gasteiger partial charge in [-0.05, 0) is 54.5 Å². The molecule has 5 rings (SSSR count). The number of aryl methyl sites for hydroxylation is 1. The second-order valence-electron chi connectivity index (χ2n) is 8.92. The normalized spacial score (nSPS) is 14.4. The molecule has 0 aliphatic carbocycles. The summed E-state index contributed by atoms with van der Waals surface area (Å²) in [5.74, 6) is 0.264. The third kappa shape index (κ3) is 5.38. The number of rotatable bonds is 6. The average molecular weight is 521 g/mol. The summed E-state index contributed by atoms with van der Waals surface area (Å²) in [6.45, 7) is 1.84. The van der Waals surface area contributed by atoms with Crippen LogP contribution in [-0.4, -0.2) is 41.0 Å². The van der Waals surface area contributed by atoms with Crippen LogP contribution in [0, 0.1) is 6.92 Å². The van der Waals surface area contributed by atoms with Crippen LogP contribution in [0.4, 0.5) is 11.6 Å². The van der Waals surface area contributed by atoms with E-state index in [1.165, 1.54) is 4.90 Å². The van der Waals surface area contributed by atoms with Crippen LogP contribution in [0.2, 0.25) is 5.02 Å². The third-order valence-corrected chi connectivity index (χ3v) is 6.24. The summed E-state index contributed by atoms with van der Waals surface area (Å²) in [7, 11) is 4.01. The fourth-order valence-electron chi connectivity index (χ4n) is 3.89. The minimum atomic E-state index is -0.335. The van der Waals surface area contributed by atoms with Gasteiger partial charge >= 0.3 is 0 Å². The molecule has 0 saturated carbocycles. The van der Waals surface area contributed by atoms with Crippen molar-refractivity contribution in [1.29, 1.82) is 0 Å². The van der Waals surface area contributed by atoms with E-state index in [2.05, 4.69) is 27.3 Å². The van der Waals surface area contributed by atoms with Gasteiger partial charge in [0.15, 0.2) is 5.84 Å². The van der Waals surface area contributed by atoms with Crippen LogP contribution in [0.15, 0.2) is 89.6 Å². The first-order valence-corrected chi connectivity index (χ1v) is 12.4. The topological polar surface area (TPSA) is 74.6 Å². The molecular formula is C30H25ClN6O. The lowest BCUT2D eigenvalue weighted by Gasteiger charge is -2.16. The van der Waals surface area contributed by atoms with E-state index in [0.29, 0.717) is 22.2 Å². The highest BCUT2D eigenvalue weighted by atomic mass is 35.5. The SMILES string of the molecule is Cc1nnc(N2C(=O)/C(=C/c3ccc(Cl)cc3)N=C2c2ccccc2)nc1/C=C/c1ccc(N(C)C)cc1. The van der Waals surface area contributed by atoms with Crippen molar-refractivity contribution in [3.8, 4) is 0 Å². The molecule has 1 aromatic heterocycles. The number of carbonyl (C=O) groups is 1. The second kappa shape index (κ2) is 10.8. The number of aromatic nitrogens is 3. The minimum absolute atomic E-state index is 0.158. The van der Waals surface area contributed by atoms with Gasteiger partial charge in [-0.15, -0.1) is 10.2 Å². The molecule has 2 heterocycles. The molecule has 1 aliphatic heterocycles. The van der Waals surface area contributed by atoms with Gasteiger partial charge in [0.1, 0.15) is 5.70 Å². The quantitative estimate of drug-likeness (QED) is 0.296. The zero-order chi connectivity index (χ0) is 26.6. The van der Waals surface area contributed by atoms with E-state index in [-0.39, 0.29) is 17.6 Å². The Hall–Kier alpha value is -4.62. The summed E-state index contributed by atoms with van der Waals surface area (Å²) in [6.07, 6.45) is 5.56. The first-order valence-electron chi connectivity index (χ1n) is 12.0. The Bertz CT molecular complexity index is 1560. The smallest absolute Gasteiger partial charge is 0.285 e. The van der Waals surface area contributed by atoms with Gasteiger partial charge in [-0.25, -0.2) is 14.9 Å². The number of aliphatic imine (C=N–C) groups is 1. The van der Waals surface area contributed by atoms with Crippen molar-refractivity contribution in [2.24, 2.45) is 4.99 Å². The lowest BCUT2D eigenvalue weighted by atomic mass is 10.1. The number of hydrogen-bond acceptors (Lipinski definition) is 6. The molecule has 8 heteroatoms. The monoisotopic (exact) mass is 520 g/mol. The van der Waals surface area contributed by atoms with Crippen LogP contribution in [-0.2, 0) is 4.79 Å². The number of amides is 1. The van der Waals surface area contributed by atoms with E-state index in [0.717, 1.165) is 22.4 Å². The fourth-order valence-corrected chi connectivity index (χ4v) is 4.02. The first-order chi connectivity index (χ1) is 18.4. The van der Waals surface area contributed by atoms with E-state index in [1.807, 2.05) is 92.7 Å². The molecule has 38 heavy (non-hydrogen) atoms. The predicted octanol–water partition coefficient (Wildman–Crippen LogP) is 5.90. The Labute approximate surface area is 226 Å². The molecule has 0 radical (unpaired) electrons. The highest BCUT2D eigenvalue weighted by molar-refractivity contribution is 6.32. The molecule has 188 valence electrons. The Balaban J connectivity index is 1.51. The van der Waals surface area contributed by atoms with Gasteiger partial charge < -0.3 is 4.90 Å². The molecule has 7 nitrogen and oxygen atoms in total. The first kappa shape index (κ1) is 25.0. The average Bonchev–Trinajstić information content (AvgIpc) is 3.26. The van der Waals surface area contributed by atoms with Crippen molar-refractivity contribution < 1.29 is 4.79 Å². The summed E-state index contributed by atoms with van der Waals surface area (Å²) in [5.41, 5.74) is 5.25. The highest BCUT2D eigenvalue weighted by Crippen LogP contribution is 2.26. The molecule has 0 atom stereocenters.